The van der Waals surface area contributed by atoms with Crippen LogP contribution >= 0.6 is 0 Å². The number of ether oxygens (including phenoxy) is 3. The molecule has 392 valence electrons. The maximum Gasteiger partial charge on any atom is 0.306 e. The van der Waals surface area contributed by atoms with Crippen LogP contribution in [-0.2, 0) is 28.6 Å². The largest absolute Gasteiger partial charge is 0.462 e. The first-order valence-corrected chi connectivity index (χ1v) is 28.9. The highest BCUT2D eigenvalue weighted by molar-refractivity contribution is 5.71. The fourth-order valence-corrected chi connectivity index (χ4v) is 8.12. The van der Waals surface area contributed by atoms with Crippen LogP contribution in [0.25, 0.3) is 0 Å². The van der Waals surface area contributed by atoms with E-state index in [9.17, 15) is 14.4 Å². The van der Waals surface area contributed by atoms with Crippen molar-refractivity contribution < 1.29 is 28.6 Å². The number of hydrogen-bond acceptors (Lipinski definition) is 6. The average Bonchev–Trinajstić information content (AvgIpc) is 3.34. The van der Waals surface area contributed by atoms with Crippen molar-refractivity contribution in [3.05, 3.63) is 72.9 Å². The molecule has 0 aromatic heterocycles. The van der Waals surface area contributed by atoms with Crippen LogP contribution in [0.4, 0.5) is 0 Å². The van der Waals surface area contributed by atoms with E-state index in [1.54, 1.807) is 0 Å². The lowest BCUT2D eigenvalue weighted by Gasteiger charge is -2.18. The summed E-state index contributed by atoms with van der Waals surface area (Å²) in [4.78, 5) is 38.1. The topological polar surface area (TPSA) is 78.9 Å². The Hall–Kier alpha value is -3.15. The number of unbranched alkanes of at least 4 members (excludes halogenated alkanes) is 29. The molecule has 0 aliphatic rings. The number of carbonyl (C=O) groups excluding carboxylic acids is 3. The zero-order valence-corrected chi connectivity index (χ0v) is 44.9. The molecule has 68 heavy (non-hydrogen) atoms. The molecule has 6 nitrogen and oxygen atoms in total. The van der Waals surface area contributed by atoms with Gasteiger partial charge in [-0.05, 0) is 83.5 Å². The Bertz CT molecular complexity index is 1270. The maximum atomic E-state index is 12.8. The monoisotopic (exact) mass is 949 g/mol. The lowest BCUT2D eigenvalue weighted by molar-refractivity contribution is -0.167. The zero-order valence-electron chi connectivity index (χ0n) is 44.9. The second-order valence-electron chi connectivity index (χ2n) is 19.2. The first-order chi connectivity index (χ1) is 33.5. The van der Waals surface area contributed by atoms with Crippen molar-refractivity contribution in [1.82, 2.24) is 0 Å². The summed E-state index contributed by atoms with van der Waals surface area (Å²) >= 11 is 0. The Balaban J connectivity index is 4.43. The molecule has 0 aromatic carbocycles. The van der Waals surface area contributed by atoms with Gasteiger partial charge in [-0.3, -0.25) is 14.4 Å². The minimum atomic E-state index is -0.804. The Morgan fingerprint density at radius 3 is 0.956 bits per heavy atom. The number of hydrogen-bond donors (Lipinski definition) is 0. The highest BCUT2D eigenvalue weighted by Crippen LogP contribution is 2.16. The van der Waals surface area contributed by atoms with Crippen LogP contribution in [0.1, 0.15) is 284 Å². The fourth-order valence-electron chi connectivity index (χ4n) is 8.12. The van der Waals surface area contributed by atoms with E-state index in [0.717, 1.165) is 77.0 Å². The van der Waals surface area contributed by atoms with Crippen molar-refractivity contribution in [2.75, 3.05) is 13.2 Å². The van der Waals surface area contributed by atoms with Crippen LogP contribution in [0.3, 0.4) is 0 Å². The quantitative estimate of drug-likeness (QED) is 0.0262. The van der Waals surface area contributed by atoms with E-state index in [-0.39, 0.29) is 37.5 Å². The predicted molar refractivity (Wildman–Crippen MR) is 293 cm³/mol. The third-order valence-electron chi connectivity index (χ3n) is 12.4. The first-order valence-electron chi connectivity index (χ1n) is 28.9. The minimum Gasteiger partial charge on any atom is -0.462 e. The van der Waals surface area contributed by atoms with Crippen molar-refractivity contribution in [2.45, 2.75) is 290 Å². The molecule has 0 aliphatic carbocycles. The second kappa shape index (κ2) is 56.4. The van der Waals surface area contributed by atoms with Crippen molar-refractivity contribution in [2.24, 2.45) is 0 Å². The Labute approximate surface area is 421 Å². The van der Waals surface area contributed by atoms with E-state index in [2.05, 4.69) is 93.7 Å². The highest BCUT2D eigenvalue weighted by atomic mass is 16.6. The van der Waals surface area contributed by atoms with Gasteiger partial charge in [-0.25, -0.2) is 0 Å². The molecule has 0 unspecified atom stereocenters. The van der Waals surface area contributed by atoms with Gasteiger partial charge in [-0.2, -0.15) is 0 Å². The highest BCUT2D eigenvalue weighted by Gasteiger charge is 2.19. The van der Waals surface area contributed by atoms with Gasteiger partial charge in [0.05, 0.1) is 0 Å². The zero-order chi connectivity index (χ0) is 49.3. The average molecular weight is 950 g/mol. The minimum absolute atomic E-state index is 0.0960. The van der Waals surface area contributed by atoms with Crippen LogP contribution in [-0.4, -0.2) is 37.2 Å². The molecule has 0 bridgehead atoms. The van der Waals surface area contributed by atoms with Gasteiger partial charge in [0, 0.05) is 19.3 Å². The van der Waals surface area contributed by atoms with E-state index in [4.69, 9.17) is 14.2 Å². The van der Waals surface area contributed by atoms with Gasteiger partial charge in [0.25, 0.3) is 0 Å². The molecule has 0 N–H and O–H groups in total. The number of esters is 3. The molecule has 0 aromatic rings. The van der Waals surface area contributed by atoms with Gasteiger partial charge in [0.15, 0.2) is 6.10 Å². The van der Waals surface area contributed by atoms with E-state index >= 15 is 0 Å². The summed E-state index contributed by atoms with van der Waals surface area (Å²) in [5.74, 6) is -0.947. The summed E-state index contributed by atoms with van der Waals surface area (Å²) in [6.45, 7) is 6.50. The number of carbonyl (C=O) groups is 3. The molecule has 0 saturated heterocycles. The molecule has 0 saturated carbocycles. The van der Waals surface area contributed by atoms with Gasteiger partial charge >= 0.3 is 17.9 Å². The van der Waals surface area contributed by atoms with Crippen molar-refractivity contribution in [1.29, 1.82) is 0 Å². The molecule has 0 heterocycles. The van der Waals surface area contributed by atoms with Crippen LogP contribution in [0.15, 0.2) is 72.9 Å². The van der Waals surface area contributed by atoms with Gasteiger partial charge < -0.3 is 14.2 Å². The third-order valence-corrected chi connectivity index (χ3v) is 12.4. The summed E-state index contributed by atoms with van der Waals surface area (Å²) in [6, 6.07) is 0. The first kappa shape index (κ1) is 64.8. The summed E-state index contributed by atoms with van der Waals surface area (Å²) < 4.78 is 16.8. The van der Waals surface area contributed by atoms with Crippen LogP contribution in [0.5, 0.6) is 0 Å². The van der Waals surface area contributed by atoms with Crippen LogP contribution < -0.4 is 0 Å². The molecule has 1 atom stereocenters. The fraction of sp³-hybridized carbons (Fsp3) is 0.758. The van der Waals surface area contributed by atoms with Gasteiger partial charge in [0.1, 0.15) is 13.2 Å². The lowest BCUT2D eigenvalue weighted by atomic mass is 10.0. The molecule has 0 rings (SSSR count). The summed E-state index contributed by atoms with van der Waals surface area (Å²) in [6.07, 6.45) is 71.8. The Morgan fingerprint density at radius 2 is 0.588 bits per heavy atom. The second-order valence-corrected chi connectivity index (χ2v) is 19.2. The molecule has 0 spiro atoms. The number of allylic oxidation sites excluding steroid dienone is 12. The van der Waals surface area contributed by atoms with Crippen molar-refractivity contribution >= 4 is 17.9 Å². The molecule has 6 heteroatoms. The summed E-state index contributed by atoms with van der Waals surface area (Å²) in [5, 5.41) is 0. The normalized spacial score (nSPS) is 12.6. The van der Waals surface area contributed by atoms with Gasteiger partial charge in [-0.1, -0.05) is 254 Å². The Morgan fingerprint density at radius 1 is 0.309 bits per heavy atom. The smallest absolute Gasteiger partial charge is 0.306 e. The predicted octanol–water partition coefficient (Wildman–Crippen LogP) is 19.4. The number of rotatable bonds is 52. The van der Waals surface area contributed by atoms with E-state index in [1.165, 1.54) is 161 Å². The molecule has 0 radical (unpaired) electrons. The van der Waals surface area contributed by atoms with Gasteiger partial charge in [0.2, 0.25) is 0 Å². The SMILES string of the molecule is CC/C=C\C/C=C\C/C=C\C/C=C\C/C=C\CCCC(=O)O[C@@H](COC(=O)CCCCCCCCCCC/C=C\CCCCCCCC)COC(=O)CCCCCCCCCCCCCCCC. The van der Waals surface area contributed by atoms with Gasteiger partial charge in [-0.15, -0.1) is 0 Å². The van der Waals surface area contributed by atoms with Crippen LogP contribution in [0, 0.1) is 0 Å². The molecular formula is C62H108O6. The lowest BCUT2D eigenvalue weighted by Crippen LogP contribution is -2.30. The van der Waals surface area contributed by atoms with E-state index in [1.807, 2.05) is 0 Å². The van der Waals surface area contributed by atoms with Crippen molar-refractivity contribution in [3.8, 4) is 0 Å². The molecule has 0 fully saturated rings. The Kier molecular flexibility index (Phi) is 53.8. The summed E-state index contributed by atoms with van der Waals surface area (Å²) in [5.41, 5.74) is 0. The van der Waals surface area contributed by atoms with E-state index < -0.39 is 6.10 Å². The molecular weight excluding hydrogens is 841 g/mol. The molecule has 0 amide bonds. The summed E-state index contributed by atoms with van der Waals surface area (Å²) in [7, 11) is 0. The third kappa shape index (κ3) is 53.8. The maximum absolute atomic E-state index is 12.8. The molecule has 0 aliphatic heterocycles. The van der Waals surface area contributed by atoms with Crippen molar-refractivity contribution in [3.63, 3.8) is 0 Å². The van der Waals surface area contributed by atoms with Crippen LogP contribution in [0.2, 0.25) is 0 Å². The standard InChI is InChI=1S/C62H108O6/c1-4-7-10-13-16-19-22-25-28-30-31-33-34-37-40-43-46-49-52-55-61(64)67-58-59(57-66-60(63)54-51-48-45-42-39-36-27-24-21-18-15-12-9-6-3)68-62(65)56-53-50-47-44-41-38-35-32-29-26-23-20-17-14-11-8-5-2/h8,11,17,20,25-26,28-29,35,38,44,47,59H,4-7,9-10,12-16,18-19,21-24,27,30-34,36-37,39-43,45-46,48-58H2,1-3H3/b11-8-,20-17-,28-25-,29-26-,38-35-,47-44-/t59-/m1/s1. The van der Waals surface area contributed by atoms with E-state index in [0.29, 0.717) is 19.3 Å².